The van der Waals surface area contributed by atoms with Crippen LogP contribution in [0, 0.1) is 0 Å². The zero-order chi connectivity index (χ0) is 13.1. The Bertz CT molecular complexity index is 326. The lowest BCUT2D eigenvalue weighted by Crippen LogP contribution is -2.50. The van der Waals surface area contributed by atoms with Crippen molar-refractivity contribution in [3.8, 4) is 0 Å². The molecule has 0 spiro atoms. The van der Waals surface area contributed by atoms with Crippen molar-refractivity contribution < 1.29 is 14.7 Å². The third kappa shape index (κ3) is 2.76. The number of urea groups is 1. The molecule has 102 valence electrons. The van der Waals surface area contributed by atoms with Crippen LogP contribution in [-0.2, 0) is 4.79 Å². The van der Waals surface area contributed by atoms with Gasteiger partial charge in [-0.25, -0.2) is 4.79 Å². The summed E-state index contributed by atoms with van der Waals surface area (Å²) in [6.45, 7) is 2.65. The lowest BCUT2D eigenvalue weighted by molar-refractivity contribution is -0.138. The van der Waals surface area contributed by atoms with E-state index in [0.717, 1.165) is 45.1 Å². The highest BCUT2D eigenvalue weighted by molar-refractivity contribution is 5.81. The van der Waals surface area contributed by atoms with Gasteiger partial charge in [-0.3, -0.25) is 4.79 Å². The molecule has 1 saturated carbocycles. The second-order valence-corrected chi connectivity index (χ2v) is 5.43. The SMILES string of the molecule is CC1CCCN1C(=O)N(CC(=O)O)C1CCCC1. The van der Waals surface area contributed by atoms with Gasteiger partial charge in [-0.1, -0.05) is 12.8 Å². The number of likely N-dealkylation sites (tertiary alicyclic amines) is 1. The molecule has 2 amide bonds. The van der Waals surface area contributed by atoms with Crippen molar-refractivity contribution in [3.63, 3.8) is 0 Å². The van der Waals surface area contributed by atoms with Crippen molar-refractivity contribution in [3.05, 3.63) is 0 Å². The minimum Gasteiger partial charge on any atom is -0.480 e. The van der Waals surface area contributed by atoms with E-state index in [9.17, 15) is 9.59 Å². The van der Waals surface area contributed by atoms with Crippen LogP contribution < -0.4 is 0 Å². The quantitative estimate of drug-likeness (QED) is 0.837. The summed E-state index contributed by atoms with van der Waals surface area (Å²) in [5, 5.41) is 8.99. The van der Waals surface area contributed by atoms with E-state index in [4.69, 9.17) is 5.11 Å². The normalized spacial score (nSPS) is 24.5. The molecule has 1 aliphatic carbocycles. The fourth-order valence-corrected chi connectivity index (χ4v) is 3.10. The van der Waals surface area contributed by atoms with E-state index in [0.29, 0.717) is 0 Å². The van der Waals surface area contributed by atoms with Gasteiger partial charge in [-0.05, 0) is 32.6 Å². The second kappa shape index (κ2) is 5.59. The second-order valence-electron chi connectivity index (χ2n) is 5.43. The van der Waals surface area contributed by atoms with E-state index in [2.05, 4.69) is 0 Å². The zero-order valence-electron chi connectivity index (χ0n) is 11.0. The van der Waals surface area contributed by atoms with Crippen LogP contribution in [0.25, 0.3) is 0 Å². The van der Waals surface area contributed by atoms with Gasteiger partial charge in [-0.2, -0.15) is 0 Å². The molecule has 1 N–H and O–H groups in total. The van der Waals surface area contributed by atoms with Crippen LogP contribution in [-0.4, -0.2) is 52.1 Å². The van der Waals surface area contributed by atoms with Gasteiger partial charge in [0.2, 0.25) is 0 Å². The third-order valence-electron chi connectivity index (χ3n) is 4.12. The summed E-state index contributed by atoms with van der Waals surface area (Å²) >= 11 is 0. The van der Waals surface area contributed by atoms with E-state index >= 15 is 0 Å². The first-order valence-electron chi connectivity index (χ1n) is 6.88. The highest BCUT2D eigenvalue weighted by Crippen LogP contribution is 2.26. The van der Waals surface area contributed by atoms with Gasteiger partial charge in [-0.15, -0.1) is 0 Å². The maximum absolute atomic E-state index is 12.5. The van der Waals surface area contributed by atoms with E-state index in [1.165, 1.54) is 0 Å². The number of carboxylic acids is 1. The number of rotatable bonds is 3. The topological polar surface area (TPSA) is 60.9 Å². The maximum Gasteiger partial charge on any atom is 0.323 e. The van der Waals surface area contributed by atoms with Crippen molar-refractivity contribution >= 4 is 12.0 Å². The number of amides is 2. The molecule has 0 radical (unpaired) electrons. The van der Waals surface area contributed by atoms with Gasteiger partial charge in [0.1, 0.15) is 6.54 Å². The number of aliphatic carboxylic acids is 1. The first kappa shape index (κ1) is 13.2. The summed E-state index contributed by atoms with van der Waals surface area (Å²) in [5.74, 6) is -0.915. The molecule has 2 aliphatic rings. The predicted molar refractivity (Wildman–Crippen MR) is 67.4 cm³/mol. The lowest BCUT2D eigenvalue weighted by atomic mass is 10.2. The van der Waals surface area contributed by atoms with Crippen molar-refractivity contribution in [1.82, 2.24) is 9.80 Å². The summed E-state index contributed by atoms with van der Waals surface area (Å²) < 4.78 is 0. The summed E-state index contributed by atoms with van der Waals surface area (Å²) in [6.07, 6.45) is 6.14. The number of nitrogens with zero attached hydrogens (tertiary/aromatic N) is 2. The molecular weight excluding hydrogens is 232 g/mol. The molecule has 0 bridgehead atoms. The van der Waals surface area contributed by atoms with E-state index in [1.54, 1.807) is 4.90 Å². The Hall–Kier alpha value is -1.26. The fourth-order valence-electron chi connectivity index (χ4n) is 3.10. The molecular formula is C13H22N2O3. The van der Waals surface area contributed by atoms with Crippen molar-refractivity contribution in [2.75, 3.05) is 13.1 Å². The van der Waals surface area contributed by atoms with E-state index in [-0.39, 0.29) is 24.7 Å². The molecule has 0 aromatic carbocycles. The van der Waals surface area contributed by atoms with Crippen molar-refractivity contribution in [2.45, 2.75) is 57.5 Å². The van der Waals surface area contributed by atoms with Gasteiger partial charge in [0.25, 0.3) is 0 Å². The molecule has 2 fully saturated rings. The summed E-state index contributed by atoms with van der Waals surface area (Å²) in [6, 6.07) is 0.297. The van der Waals surface area contributed by atoms with Crippen LogP contribution in [0.5, 0.6) is 0 Å². The highest BCUT2D eigenvalue weighted by atomic mass is 16.4. The Morgan fingerprint density at radius 2 is 1.89 bits per heavy atom. The Morgan fingerprint density at radius 1 is 1.22 bits per heavy atom. The molecule has 0 aromatic heterocycles. The Balaban J connectivity index is 2.06. The molecule has 2 rings (SSSR count). The number of carboxylic acid groups (broad SMARTS) is 1. The van der Waals surface area contributed by atoms with Gasteiger partial charge in [0, 0.05) is 18.6 Å². The van der Waals surface area contributed by atoms with Crippen LogP contribution in [0.2, 0.25) is 0 Å². The molecule has 5 nitrogen and oxygen atoms in total. The molecule has 5 heteroatoms. The molecule has 1 heterocycles. The molecule has 1 saturated heterocycles. The van der Waals surface area contributed by atoms with Crippen LogP contribution in [0.15, 0.2) is 0 Å². The van der Waals surface area contributed by atoms with Gasteiger partial charge < -0.3 is 14.9 Å². The van der Waals surface area contributed by atoms with Gasteiger partial charge >= 0.3 is 12.0 Å². The van der Waals surface area contributed by atoms with Crippen LogP contribution in [0.4, 0.5) is 4.79 Å². The molecule has 18 heavy (non-hydrogen) atoms. The Kier molecular flexibility index (Phi) is 4.09. The standard InChI is InChI=1S/C13H22N2O3/c1-10-5-4-8-14(10)13(18)15(9-12(16)17)11-6-2-3-7-11/h10-11H,2-9H2,1H3,(H,16,17). The third-order valence-corrected chi connectivity index (χ3v) is 4.12. The highest BCUT2D eigenvalue weighted by Gasteiger charge is 2.34. The minimum atomic E-state index is -0.915. The van der Waals surface area contributed by atoms with E-state index in [1.807, 2.05) is 11.8 Å². The average molecular weight is 254 g/mol. The smallest absolute Gasteiger partial charge is 0.323 e. The zero-order valence-corrected chi connectivity index (χ0v) is 11.0. The number of carbonyl (C=O) groups is 2. The van der Waals surface area contributed by atoms with Crippen LogP contribution >= 0.6 is 0 Å². The summed E-state index contributed by atoms with van der Waals surface area (Å²) in [7, 11) is 0. The molecule has 1 unspecified atom stereocenters. The number of hydrogen-bond acceptors (Lipinski definition) is 2. The van der Waals surface area contributed by atoms with Crippen molar-refractivity contribution in [1.29, 1.82) is 0 Å². The minimum absolute atomic E-state index is 0.0747. The monoisotopic (exact) mass is 254 g/mol. The number of hydrogen-bond donors (Lipinski definition) is 1. The maximum atomic E-state index is 12.5. The first-order chi connectivity index (χ1) is 8.59. The van der Waals surface area contributed by atoms with Gasteiger partial charge in [0.05, 0.1) is 0 Å². The lowest BCUT2D eigenvalue weighted by Gasteiger charge is -2.33. The fraction of sp³-hybridized carbons (Fsp3) is 0.846. The van der Waals surface area contributed by atoms with Crippen LogP contribution in [0.3, 0.4) is 0 Å². The molecule has 0 aromatic rings. The average Bonchev–Trinajstić information content (AvgIpc) is 2.95. The largest absolute Gasteiger partial charge is 0.480 e. The Labute approximate surface area is 108 Å². The molecule has 1 aliphatic heterocycles. The summed E-state index contributed by atoms with van der Waals surface area (Å²) in [4.78, 5) is 26.8. The predicted octanol–water partition coefficient (Wildman–Crippen LogP) is 1.92. The van der Waals surface area contributed by atoms with E-state index < -0.39 is 5.97 Å². The molecule has 1 atom stereocenters. The number of carbonyl (C=O) groups excluding carboxylic acids is 1. The van der Waals surface area contributed by atoms with Crippen molar-refractivity contribution in [2.24, 2.45) is 0 Å². The summed E-state index contributed by atoms with van der Waals surface area (Å²) in [5.41, 5.74) is 0. The first-order valence-corrected chi connectivity index (χ1v) is 6.88. The van der Waals surface area contributed by atoms with Crippen LogP contribution in [0.1, 0.15) is 45.4 Å². The van der Waals surface area contributed by atoms with Gasteiger partial charge in [0.15, 0.2) is 0 Å². The Morgan fingerprint density at radius 3 is 2.39 bits per heavy atom.